The third-order valence-electron chi connectivity index (χ3n) is 6.10. The van der Waals surface area contributed by atoms with Gasteiger partial charge in [0, 0.05) is 6.42 Å². The molecule has 0 aliphatic heterocycles. The third kappa shape index (κ3) is 1.81. The van der Waals surface area contributed by atoms with Gasteiger partial charge in [-0.2, -0.15) is 0 Å². The van der Waals surface area contributed by atoms with Gasteiger partial charge in [0.25, 0.3) is 0 Å². The van der Waals surface area contributed by atoms with Crippen LogP contribution in [0.1, 0.15) is 30.4 Å². The van der Waals surface area contributed by atoms with E-state index < -0.39 is 0 Å². The third-order valence-corrected chi connectivity index (χ3v) is 6.10. The van der Waals surface area contributed by atoms with Crippen LogP contribution in [0.15, 0.2) is 18.2 Å². The van der Waals surface area contributed by atoms with Crippen molar-refractivity contribution in [3.05, 3.63) is 29.3 Å². The first-order valence-electron chi connectivity index (χ1n) is 8.00. The number of hydrogen-bond donors (Lipinski definition) is 1. The Morgan fingerprint density at radius 3 is 2.60 bits per heavy atom. The van der Waals surface area contributed by atoms with Crippen LogP contribution < -0.4 is 4.74 Å². The van der Waals surface area contributed by atoms with Crippen LogP contribution >= 0.6 is 0 Å². The van der Waals surface area contributed by atoms with Gasteiger partial charge >= 0.3 is 0 Å². The minimum atomic E-state index is -0.177. The molecule has 0 aromatic heterocycles. The zero-order chi connectivity index (χ0) is 13.9. The lowest BCUT2D eigenvalue weighted by molar-refractivity contribution is 0.128. The van der Waals surface area contributed by atoms with Crippen molar-refractivity contribution < 1.29 is 9.84 Å². The maximum atomic E-state index is 10.7. The Balaban J connectivity index is 1.49. The lowest BCUT2D eigenvalue weighted by Gasteiger charge is -2.17. The second kappa shape index (κ2) is 4.49. The van der Waals surface area contributed by atoms with Crippen LogP contribution in [0.5, 0.6) is 5.75 Å². The SMILES string of the molecule is COc1ccc(C)cc1CC(O)C1C2C3CCC(C3)C12. The van der Waals surface area contributed by atoms with Crippen molar-refractivity contribution in [2.24, 2.45) is 29.6 Å². The highest BCUT2D eigenvalue weighted by Gasteiger charge is 2.66. The number of methoxy groups -OCH3 is 1. The van der Waals surface area contributed by atoms with Gasteiger partial charge in [0.1, 0.15) is 5.75 Å². The Kier molecular flexibility index (Phi) is 2.85. The number of hydrogen-bond acceptors (Lipinski definition) is 2. The molecule has 3 aliphatic carbocycles. The molecule has 2 heteroatoms. The molecule has 0 saturated heterocycles. The Hall–Kier alpha value is -1.02. The number of fused-ring (bicyclic) bond motifs is 5. The summed E-state index contributed by atoms with van der Waals surface area (Å²) in [6, 6.07) is 6.25. The summed E-state index contributed by atoms with van der Waals surface area (Å²) in [6.07, 6.45) is 4.86. The second-order valence-corrected chi connectivity index (χ2v) is 7.15. The molecule has 3 fully saturated rings. The van der Waals surface area contributed by atoms with E-state index >= 15 is 0 Å². The number of rotatable bonds is 4. The van der Waals surface area contributed by atoms with Gasteiger partial charge in [0.15, 0.2) is 0 Å². The highest BCUT2D eigenvalue weighted by atomic mass is 16.5. The van der Waals surface area contributed by atoms with E-state index in [0.717, 1.165) is 41.4 Å². The van der Waals surface area contributed by atoms with Crippen LogP contribution in [0.25, 0.3) is 0 Å². The molecule has 108 valence electrons. The van der Waals surface area contributed by atoms with Crippen LogP contribution in [0.4, 0.5) is 0 Å². The number of aliphatic hydroxyl groups is 1. The van der Waals surface area contributed by atoms with Crippen molar-refractivity contribution >= 4 is 0 Å². The lowest BCUT2D eigenvalue weighted by atomic mass is 9.94. The van der Waals surface area contributed by atoms with Crippen LogP contribution in [0.3, 0.4) is 0 Å². The predicted molar refractivity (Wildman–Crippen MR) is 78.7 cm³/mol. The molecule has 5 unspecified atom stereocenters. The van der Waals surface area contributed by atoms with Gasteiger partial charge in [0.2, 0.25) is 0 Å². The van der Waals surface area contributed by atoms with E-state index in [1.165, 1.54) is 24.8 Å². The smallest absolute Gasteiger partial charge is 0.122 e. The normalized spacial score (nSPS) is 38.6. The van der Waals surface area contributed by atoms with E-state index in [2.05, 4.69) is 19.1 Å². The first-order valence-corrected chi connectivity index (χ1v) is 8.00. The van der Waals surface area contributed by atoms with E-state index in [4.69, 9.17) is 4.74 Å². The zero-order valence-electron chi connectivity index (χ0n) is 12.4. The molecule has 0 radical (unpaired) electrons. The molecule has 20 heavy (non-hydrogen) atoms. The molecule has 0 heterocycles. The van der Waals surface area contributed by atoms with Crippen molar-refractivity contribution in [1.82, 2.24) is 0 Å². The summed E-state index contributed by atoms with van der Waals surface area (Å²) < 4.78 is 5.44. The molecule has 1 aromatic carbocycles. The van der Waals surface area contributed by atoms with Crippen LogP contribution in [-0.2, 0) is 6.42 Å². The minimum Gasteiger partial charge on any atom is -0.496 e. The number of benzene rings is 1. The summed E-state index contributed by atoms with van der Waals surface area (Å²) >= 11 is 0. The standard InChI is InChI=1S/C18H24O2/c1-10-3-6-15(20-2)13(7-10)9-14(19)18-16-11-4-5-12(8-11)17(16)18/h3,6-7,11-12,14,16-19H,4-5,8-9H2,1-2H3. The van der Waals surface area contributed by atoms with Gasteiger partial charge < -0.3 is 9.84 Å². The first-order chi connectivity index (χ1) is 9.69. The van der Waals surface area contributed by atoms with Crippen molar-refractivity contribution in [3.63, 3.8) is 0 Å². The van der Waals surface area contributed by atoms with Gasteiger partial charge in [-0.3, -0.25) is 0 Å². The minimum absolute atomic E-state index is 0.177. The van der Waals surface area contributed by atoms with Crippen molar-refractivity contribution in [1.29, 1.82) is 0 Å². The van der Waals surface area contributed by atoms with E-state index in [9.17, 15) is 5.11 Å². The van der Waals surface area contributed by atoms with Gasteiger partial charge in [-0.25, -0.2) is 0 Å². The molecule has 5 atom stereocenters. The van der Waals surface area contributed by atoms with Crippen LogP contribution in [-0.4, -0.2) is 18.3 Å². The molecule has 0 amide bonds. The molecule has 3 saturated carbocycles. The van der Waals surface area contributed by atoms with Crippen molar-refractivity contribution in [3.8, 4) is 5.75 Å². The van der Waals surface area contributed by atoms with Gasteiger partial charge in [-0.15, -0.1) is 0 Å². The molecule has 4 rings (SSSR count). The Morgan fingerprint density at radius 2 is 1.95 bits per heavy atom. The second-order valence-electron chi connectivity index (χ2n) is 7.15. The number of aryl methyl sites for hydroxylation is 1. The zero-order valence-corrected chi connectivity index (χ0v) is 12.4. The molecule has 2 nitrogen and oxygen atoms in total. The maximum Gasteiger partial charge on any atom is 0.122 e. The number of ether oxygens (including phenoxy) is 1. The molecule has 1 aromatic rings. The predicted octanol–water partition coefficient (Wildman–Crippen LogP) is 3.20. The Morgan fingerprint density at radius 1 is 1.25 bits per heavy atom. The summed E-state index contributed by atoms with van der Waals surface area (Å²) in [4.78, 5) is 0. The lowest BCUT2D eigenvalue weighted by Crippen LogP contribution is -2.19. The van der Waals surface area contributed by atoms with E-state index in [1.54, 1.807) is 7.11 Å². The average Bonchev–Trinajstić information content (AvgIpc) is 2.88. The van der Waals surface area contributed by atoms with Crippen LogP contribution in [0, 0.1) is 36.5 Å². The summed E-state index contributed by atoms with van der Waals surface area (Å²) in [5, 5.41) is 10.7. The summed E-state index contributed by atoms with van der Waals surface area (Å²) in [5.41, 5.74) is 2.40. The quantitative estimate of drug-likeness (QED) is 0.912. The van der Waals surface area contributed by atoms with Gasteiger partial charge in [-0.05, 0) is 67.4 Å². The van der Waals surface area contributed by atoms with Gasteiger partial charge in [-0.1, -0.05) is 17.7 Å². The Bertz CT molecular complexity index is 508. The fourth-order valence-electron chi connectivity index (χ4n) is 5.34. The van der Waals surface area contributed by atoms with Crippen LogP contribution in [0.2, 0.25) is 0 Å². The first kappa shape index (κ1) is 12.7. The molecular weight excluding hydrogens is 248 g/mol. The highest BCUT2D eigenvalue weighted by molar-refractivity contribution is 5.37. The molecule has 0 spiro atoms. The van der Waals surface area contributed by atoms with Gasteiger partial charge in [0.05, 0.1) is 13.2 Å². The average molecular weight is 272 g/mol. The highest BCUT2D eigenvalue weighted by Crippen LogP contribution is 2.70. The molecule has 2 bridgehead atoms. The monoisotopic (exact) mass is 272 g/mol. The van der Waals surface area contributed by atoms with Crippen molar-refractivity contribution in [2.45, 2.75) is 38.7 Å². The maximum absolute atomic E-state index is 10.7. The molecule has 1 N–H and O–H groups in total. The van der Waals surface area contributed by atoms with E-state index in [0.29, 0.717) is 5.92 Å². The summed E-state index contributed by atoms with van der Waals surface area (Å²) in [5.74, 6) is 5.06. The fourth-order valence-corrected chi connectivity index (χ4v) is 5.34. The topological polar surface area (TPSA) is 29.5 Å². The fraction of sp³-hybridized carbons (Fsp3) is 0.667. The van der Waals surface area contributed by atoms with E-state index in [-0.39, 0.29) is 6.10 Å². The summed E-state index contributed by atoms with van der Waals surface area (Å²) in [6.45, 7) is 2.10. The largest absolute Gasteiger partial charge is 0.496 e. The number of aliphatic hydroxyl groups excluding tert-OH is 1. The Labute approximate surface area is 121 Å². The molecular formula is C18H24O2. The molecule has 3 aliphatic rings. The van der Waals surface area contributed by atoms with E-state index in [1.807, 2.05) is 6.07 Å². The van der Waals surface area contributed by atoms with Crippen molar-refractivity contribution in [2.75, 3.05) is 7.11 Å². The summed E-state index contributed by atoms with van der Waals surface area (Å²) in [7, 11) is 1.71.